The van der Waals surface area contributed by atoms with Crippen molar-refractivity contribution in [2.24, 2.45) is 0 Å². The van der Waals surface area contributed by atoms with E-state index in [0.29, 0.717) is 12.0 Å². The molecule has 106 valence electrons. The van der Waals surface area contributed by atoms with Crippen LogP contribution in [0.1, 0.15) is 48.9 Å². The monoisotopic (exact) mass is 267 g/mol. The quantitative estimate of drug-likeness (QED) is 0.789. The lowest BCUT2D eigenvalue weighted by atomic mass is 9.97. The molecule has 0 heterocycles. The van der Waals surface area contributed by atoms with Crippen molar-refractivity contribution in [2.75, 3.05) is 6.54 Å². The first kappa shape index (κ1) is 14.8. The van der Waals surface area contributed by atoms with Crippen LogP contribution in [0.5, 0.6) is 0 Å². The molecule has 0 fully saturated rings. The Balaban J connectivity index is 1.79. The smallest absolute Gasteiger partial charge is 0.0291 e. The molecule has 1 unspecified atom stereocenters. The van der Waals surface area contributed by atoms with Gasteiger partial charge in [0, 0.05) is 6.04 Å². The molecule has 0 saturated carbocycles. The molecule has 2 atom stereocenters. The summed E-state index contributed by atoms with van der Waals surface area (Å²) in [6.07, 6.45) is 1.17. The van der Waals surface area contributed by atoms with Crippen LogP contribution < -0.4 is 5.32 Å². The first-order valence-corrected chi connectivity index (χ1v) is 7.51. The summed E-state index contributed by atoms with van der Waals surface area (Å²) in [7, 11) is 0. The second-order valence-electron chi connectivity index (χ2n) is 5.69. The van der Waals surface area contributed by atoms with Crippen LogP contribution in [0.25, 0.3) is 0 Å². The Bertz CT molecular complexity index is 501. The Hall–Kier alpha value is -1.60. The molecule has 0 bridgehead atoms. The summed E-state index contributed by atoms with van der Waals surface area (Å²) in [5.74, 6) is 0.605. The van der Waals surface area contributed by atoms with E-state index in [1.54, 1.807) is 0 Å². The number of hydrogen-bond acceptors (Lipinski definition) is 1. The van der Waals surface area contributed by atoms with E-state index in [4.69, 9.17) is 0 Å². The first-order chi connectivity index (χ1) is 9.66. The highest BCUT2D eigenvalue weighted by Gasteiger charge is 2.07. The largest absolute Gasteiger partial charge is 0.310 e. The van der Waals surface area contributed by atoms with Crippen LogP contribution in [-0.2, 0) is 0 Å². The van der Waals surface area contributed by atoms with Gasteiger partial charge in [-0.2, -0.15) is 0 Å². The zero-order chi connectivity index (χ0) is 14.4. The summed E-state index contributed by atoms with van der Waals surface area (Å²) in [4.78, 5) is 0. The van der Waals surface area contributed by atoms with Crippen molar-refractivity contribution in [2.45, 2.75) is 39.2 Å². The molecule has 0 aliphatic rings. The normalized spacial score (nSPS) is 13.9. The van der Waals surface area contributed by atoms with Crippen LogP contribution in [-0.4, -0.2) is 6.54 Å². The van der Waals surface area contributed by atoms with Crippen LogP contribution >= 0.6 is 0 Å². The Kier molecular flexibility index (Phi) is 5.37. The minimum absolute atomic E-state index is 0.415. The summed E-state index contributed by atoms with van der Waals surface area (Å²) >= 11 is 0. The molecule has 1 N–H and O–H groups in total. The topological polar surface area (TPSA) is 12.0 Å². The summed E-state index contributed by atoms with van der Waals surface area (Å²) in [5.41, 5.74) is 4.11. The number of aryl methyl sites for hydroxylation is 1. The van der Waals surface area contributed by atoms with Gasteiger partial charge in [-0.3, -0.25) is 0 Å². The Labute approximate surface area is 123 Å². The van der Waals surface area contributed by atoms with Crippen molar-refractivity contribution in [3.05, 3.63) is 71.3 Å². The fraction of sp³-hybridized carbons (Fsp3) is 0.368. The predicted octanol–water partition coefficient (Wildman–Crippen LogP) is 4.84. The van der Waals surface area contributed by atoms with Gasteiger partial charge in [0.2, 0.25) is 0 Å². The lowest BCUT2D eigenvalue weighted by Gasteiger charge is -2.17. The number of rotatable bonds is 6. The van der Waals surface area contributed by atoms with E-state index in [9.17, 15) is 0 Å². The average Bonchev–Trinajstić information content (AvgIpc) is 2.48. The Morgan fingerprint density at radius 3 is 2.15 bits per heavy atom. The van der Waals surface area contributed by atoms with Gasteiger partial charge in [0.05, 0.1) is 0 Å². The van der Waals surface area contributed by atoms with Crippen LogP contribution in [0.2, 0.25) is 0 Å². The average molecular weight is 267 g/mol. The molecule has 0 aliphatic carbocycles. The van der Waals surface area contributed by atoms with E-state index in [1.807, 2.05) is 0 Å². The summed E-state index contributed by atoms with van der Waals surface area (Å²) in [5, 5.41) is 3.62. The molecule has 0 amide bonds. The molecule has 0 spiro atoms. The van der Waals surface area contributed by atoms with E-state index in [1.165, 1.54) is 23.1 Å². The van der Waals surface area contributed by atoms with E-state index >= 15 is 0 Å². The third-order valence-corrected chi connectivity index (χ3v) is 3.97. The van der Waals surface area contributed by atoms with Gasteiger partial charge in [-0.15, -0.1) is 0 Å². The van der Waals surface area contributed by atoms with Crippen LogP contribution in [0.4, 0.5) is 0 Å². The lowest BCUT2D eigenvalue weighted by molar-refractivity contribution is 0.531. The van der Waals surface area contributed by atoms with Crippen LogP contribution in [0.15, 0.2) is 54.6 Å². The molecule has 0 saturated heterocycles. The Morgan fingerprint density at radius 2 is 1.50 bits per heavy atom. The first-order valence-electron chi connectivity index (χ1n) is 7.51. The standard InChI is InChI=1S/C19H25N/c1-15-9-11-19(12-10-15)17(3)20-14-13-16(2)18-7-5-4-6-8-18/h4-12,16-17,20H,13-14H2,1-3H3/t16?,17-/m1/s1. The van der Waals surface area contributed by atoms with Crippen LogP contribution in [0.3, 0.4) is 0 Å². The van der Waals surface area contributed by atoms with Gasteiger partial charge in [-0.05, 0) is 43.9 Å². The van der Waals surface area contributed by atoms with Gasteiger partial charge in [-0.25, -0.2) is 0 Å². The third kappa shape index (κ3) is 4.21. The summed E-state index contributed by atoms with van der Waals surface area (Å²) < 4.78 is 0. The molecule has 2 rings (SSSR count). The fourth-order valence-electron chi connectivity index (χ4n) is 2.44. The maximum Gasteiger partial charge on any atom is 0.0291 e. The van der Waals surface area contributed by atoms with Crippen molar-refractivity contribution < 1.29 is 0 Å². The predicted molar refractivity (Wildman–Crippen MR) is 87.1 cm³/mol. The maximum atomic E-state index is 3.62. The lowest BCUT2D eigenvalue weighted by Crippen LogP contribution is -2.21. The highest BCUT2D eigenvalue weighted by atomic mass is 14.9. The zero-order valence-electron chi connectivity index (χ0n) is 12.8. The second-order valence-corrected chi connectivity index (χ2v) is 5.69. The van der Waals surface area contributed by atoms with Crippen molar-refractivity contribution in [3.8, 4) is 0 Å². The van der Waals surface area contributed by atoms with E-state index in [2.05, 4.69) is 80.7 Å². The van der Waals surface area contributed by atoms with Gasteiger partial charge < -0.3 is 5.32 Å². The molecule has 20 heavy (non-hydrogen) atoms. The third-order valence-electron chi connectivity index (χ3n) is 3.97. The molecule has 0 radical (unpaired) electrons. The summed E-state index contributed by atoms with van der Waals surface area (Å²) in [6.45, 7) is 7.71. The second kappa shape index (κ2) is 7.25. The highest BCUT2D eigenvalue weighted by Crippen LogP contribution is 2.19. The van der Waals surface area contributed by atoms with Gasteiger partial charge in [0.1, 0.15) is 0 Å². The van der Waals surface area contributed by atoms with Crippen molar-refractivity contribution in [1.82, 2.24) is 5.32 Å². The number of hydrogen-bond donors (Lipinski definition) is 1. The molecule has 1 nitrogen and oxygen atoms in total. The number of nitrogens with one attached hydrogen (secondary N) is 1. The van der Waals surface area contributed by atoms with E-state index in [-0.39, 0.29) is 0 Å². The van der Waals surface area contributed by atoms with Gasteiger partial charge in [0.25, 0.3) is 0 Å². The number of benzene rings is 2. The summed E-state index contributed by atoms with van der Waals surface area (Å²) in [6, 6.07) is 20.0. The maximum absolute atomic E-state index is 3.62. The minimum atomic E-state index is 0.415. The fourth-order valence-corrected chi connectivity index (χ4v) is 2.44. The van der Waals surface area contributed by atoms with Gasteiger partial charge in [0.15, 0.2) is 0 Å². The van der Waals surface area contributed by atoms with Crippen molar-refractivity contribution in [3.63, 3.8) is 0 Å². The van der Waals surface area contributed by atoms with Crippen molar-refractivity contribution >= 4 is 0 Å². The molecular weight excluding hydrogens is 242 g/mol. The minimum Gasteiger partial charge on any atom is -0.310 e. The molecular formula is C19H25N. The van der Waals surface area contributed by atoms with Gasteiger partial charge >= 0.3 is 0 Å². The Morgan fingerprint density at radius 1 is 0.850 bits per heavy atom. The molecule has 1 heteroatoms. The van der Waals surface area contributed by atoms with E-state index < -0.39 is 0 Å². The van der Waals surface area contributed by atoms with E-state index in [0.717, 1.165) is 6.54 Å². The molecule has 2 aromatic rings. The zero-order valence-corrected chi connectivity index (χ0v) is 12.8. The van der Waals surface area contributed by atoms with Gasteiger partial charge in [-0.1, -0.05) is 67.1 Å². The highest BCUT2D eigenvalue weighted by molar-refractivity contribution is 5.23. The SMILES string of the molecule is Cc1ccc([C@@H](C)NCCC(C)c2ccccc2)cc1. The molecule has 0 aromatic heterocycles. The van der Waals surface area contributed by atoms with Crippen LogP contribution in [0, 0.1) is 6.92 Å². The molecule has 2 aromatic carbocycles. The van der Waals surface area contributed by atoms with Crippen molar-refractivity contribution in [1.29, 1.82) is 0 Å². The molecule has 0 aliphatic heterocycles.